The molecule has 0 spiro atoms. The SMILES string of the molecule is CCOC(=O)NCCCCOc1c(Cl)cc(OCC=C(Cl)Cl)cc1Cl. The molecular weight excluding hydrogens is 412 g/mol. The van der Waals surface area contributed by atoms with Crippen LogP contribution in [0.1, 0.15) is 19.8 Å². The molecular formula is C16H19Cl4NO4. The van der Waals surface area contributed by atoms with Crippen LogP contribution in [0.15, 0.2) is 22.7 Å². The van der Waals surface area contributed by atoms with Crippen LogP contribution in [0.25, 0.3) is 0 Å². The van der Waals surface area contributed by atoms with E-state index in [0.29, 0.717) is 41.3 Å². The summed E-state index contributed by atoms with van der Waals surface area (Å²) < 4.78 is 15.9. The van der Waals surface area contributed by atoms with Crippen LogP contribution in [0, 0.1) is 0 Å². The van der Waals surface area contributed by atoms with Gasteiger partial charge >= 0.3 is 6.09 Å². The number of unbranched alkanes of at least 4 members (excludes halogenated alkanes) is 1. The van der Waals surface area contributed by atoms with Gasteiger partial charge in [0, 0.05) is 18.7 Å². The number of benzene rings is 1. The van der Waals surface area contributed by atoms with E-state index >= 15 is 0 Å². The molecule has 25 heavy (non-hydrogen) atoms. The minimum atomic E-state index is -0.421. The Kier molecular flexibility index (Phi) is 10.9. The van der Waals surface area contributed by atoms with Crippen molar-refractivity contribution in [3.8, 4) is 11.5 Å². The average Bonchev–Trinajstić information content (AvgIpc) is 2.52. The zero-order valence-corrected chi connectivity index (χ0v) is 16.6. The largest absolute Gasteiger partial charge is 0.490 e. The fourth-order valence-corrected chi connectivity index (χ4v) is 2.43. The lowest BCUT2D eigenvalue weighted by Gasteiger charge is -2.12. The smallest absolute Gasteiger partial charge is 0.407 e. The first kappa shape index (κ1) is 22.0. The molecule has 0 heterocycles. The summed E-state index contributed by atoms with van der Waals surface area (Å²) in [5.74, 6) is 0.867. The topological polar surface area (TPSA) is 56.8 Å². The molecule has 0 atom stereocenters. The molecule has 0 aromatic heterocycles. The quantitative estimate of drug-likeness (QED) is 0.491. The molecule has 0 saturated carbocycles. The second kappa shape index (κ2) is 12.4. The molecule has 140 valence electrons. The van der Waals surface area contributed by atoms with Gasteiger partial charge in [-0.3, -0.25) is 0 Å². The van der Waals surface area contributed by atoms with E-state index in [1.54, 1.807) is 19.1 Å². The van der Waals surface area contributed by atoms with Gasteiger partial charge in [0.05, 0.1) is 23.3 Å². The van der Waals surface area contributed by atoms with Crippen LogP contribution in [0.5, 0.6) is 11.5 Å². The first-order valence-corrected chi connectivity index (χ1v) is 9.11. The van der Waals surface area contributed by atoms with Gasteiger partial charge in [-0.2, -0.15) is 0 Å². The first-order chi connectivity index (χ1) is 11.9. The van der Waals surface area contributed by atoms with Crippen LogP contribution in [0.2, 0.25) is 10.0 Å². The highest BCUT2D eigenvalue weighted by Crippen LogP contribution is 2.37. The van der Waals surface area contributed by atoms with Crippen LogP contribution >= 0.6 is 46.4 Å². The summed E-state index contributed by atoms with van der Waals surface area (Å²) in [6, 6.07) is 3.20. The maximum Gasteiger partial charge on any atom is 0.407 e. The summed E-state index contributed by atoms with van der Waals surface area (Å²) in [7, 11) is 0. The molecule has 0 unspecified atom stereocenters. The van der Waals surface area contributed by atoms with Crippen molar-refractivity contribution < 1.29 is 19.0 Å². The van der Waals surface area contributed by atoms with E-state index in [1.807, 2.05) is 0 Å². The Balaban J connectivity index is 2.38. The van der Waals surface area contributed by atoms with Crippen LogP contribution < -0.4 is 14.8 Å². The number of carbonyl (C=O) groups excluding carboxylic acids is 1. The molecule has 0 aliphatic heterocycles. The van der Waals surface area contributed by atoms with Crippen LogP contribution in [-0.4, -0.2) is 32.5 Å². The molecule has 9 heteroatoms. The number of nitrogens with one attached hydrogen (secondary N) is 1. The number of hydrogen-bond donors (Lipinski definition) is 1. The van der Waals surface area contributed by atoms with Crippen LogP contribution in [0.3, 0.4) is 0 Å². The second-order valence-electron chi connectivity index (χ2n) is 4.72. The molecule has 1 N–H and O–H groups in total. The molecule has 1 aromatic rings. The summed E-state index contributed by atoms with van der Waals surface area (Å²) in [6.45, 7) is 3.21. The highest BCUT2D eigenvalue weighted by atomic mass is 35.5. The van der Waals surface area contributed by atoms with E-state index in [2.05, 4.69) is 5.32 Å². The van der Waals surface area contributed by atoms with Crippen molar-refractivity contribution in [3.63, 3.8) is 0 Å². The molecule has 0 radical (unpaired) electrons. The van der Waals surface area contributed by atoms with Gasteiger partial charge in [0.2, 0.25) is 0 Å². The first-order valence-electron chi connectivity index (χ1n) is 7.60. The normalized spacial score (nSPS) is 10.1. The van der Waals surface area contributed by atoms with Crippen molar-refractivity contribution >= 4 is 52.5 Å². The molecule has 0 fully saturated rings. The standard InChI is InChI=1S/C16H19Cl4NO4/c1-2-23-16(22)21-6-3-4-7-25-15-12(17)9-11(10-13(15)18)24-8-5-14(19)20/h5,9-10H,2-4,6-8H2,1H3,(H,21,22). The van der Waals surface area contributed by atoms with Crippen molar-refractivity contribution in [2.24, 2.45) is 0 Å². The van der Waals surface area contributed by atoms with E-state index in [0.717, 1.165) is 12.8 Å². The predicted octanol–water partition coefficient (Wildman–Crippen LogP) is 5.60. The van der Waals surface area contributed by atoms with Gasteiger partial charge in [-0.25, -0.2) is 4.79 Å². The van der Waals surface area contributed by atoms with Crippen molar-refractivity contribution in [2.75, 3.05) is 26.4 Å². The van der Waals surface area contributed by atoms with Crippen LogP contribution in [0.4, 0.5) is 4.79 Å². The lowest BCUT2D eigenvalue weighted by Crippen LogP contribution is -2.25. The highest BCUT2D eigenvalue weighted by molar-refractivity contribution is 6.55. The number of hydrogen-bond acceptors (Lipinski definition) is 4. The Labute approximate surface area is 167 Å². The van der Waals surface area contributed by atoms with E-state index < -0.39 is 6.09 Å². The van der Waals surface area contributed by atoms with Crippen LogP contribution in [-0.2, 0) is 4.74 Å². The molecule has 1 rings (SSSR count). The van der Waals surface area contributed by atoms with E-state index in [1.165, 1.54) is 6.08 Å². The van der Waals surface area contributed by atoms with E-state index in [4.69, 9.17) is 60.6 Å². The summed E-state index contributed by atoms with van der Waals surface area (Å²) in [5, 5.41) is 3.31. The predicted molar refractivity (Wildman–Crippen MR) is 101 cm³/mol. The van der Waals surface area contributed by atoms with Crippen molar-refractivity contribution in [3.05, 3.63) is 32.7 Å². The molecule has 0 aliphatic carbocycles. The van der Waals surface area contributed by atoms with Gasteiger partial charge in [0.25, 0.3) is 0 Å². The maximum atomic E-state index is 11.1. The number of ether oxygens (including phenoxy) is 3. The number of carbonyl (C=O) groups is 1. The summed E-state index contributed by atoms with van der Waals surface area (Å²) >= 11 is 23.3. The molecule has 0 saturated heterocycles. The lowest BCUT2D eigenvalue weighted by molar-refractivity contribution is 0.152. The number of rotatable bonds is 10. The Morgan fingerprint density at radius 3 is 2.44 bits per heavy atom. The lowest BCUT2D eigenvalue weighted by atomic mass is 10.3. The third-order valence-corrected chi connectivity index (χ3v) is 3.69. The van der Waals surface area contributed by atoms with Gasteiger partial charge in [0.15, 0.2) is 5.75 Å². The van der Waals surface area contributed by atoms with Gasteiger partial charge in [-0.1, -0.05) is 46.4 Å². The number of alkyl carbamates (subject to hydrolysis) is 1. The molecule has 5 nitrogen and oxygen atoms in total. The fourth-order valence-electron chi connectivity index (χ4n) is 1.73. The minimum absolute atomic E-state index is 0.120. The fraction of sp³-hybridized carbons (Fsp3) is 0.438. The second-order valence-corrected chi connectivity index (χ2v) is 6.55. The van der Waals surface area contributed by atoms with Gasteiger partial charge in [-0.15, -0.1) is 0 Å². The Bertz CT molecular complexity index is 568. The van der Waals surface area contributed by atoms with Crippen molar-refractivity contribution in [1.29, 1.82) is 0 Å². The molecule has 1 amide bonds. The summed E-state index contributed by atoms with van der Waals surface area (Å²) in [5.41, 5.74) is 0. The third kappa shape index (κ3) is 9.31. The van der Waals surface area contributed by atoms with Gasteiger partial charge < -0.3 is 19.5 Å². The summed E-state index contributed by atoms with van der Waals surface area (Å²) in [4.78, 5) is 11.1. The van der Waals surface area contributed by atoms with Crippen molar-refractivity contribution in [1.82, 2.24) is 5.32 Å². The minimum Gasteiger partial charge on any atom is -0.490 e. The molecule has 0 aliphatic rings. The number of halogens is 4. The van der Waals surface area contributed by atoms with Gasteiger partial charge in [0.1, 0.15) is 16.8 Å². The van der Waals surface area contributed by atoms with E-state index in [-0.39, 0.29) is 11.1 Å². The maximum absolute atomic E-state index is 11.1. The zero-order chi connectivity index (χ0) is 18.7. The highest BCUT2D eigenvalue weighted by Gasteiger charge is 2.10. The number of amides is 1. The molecule has 0 bridgehead atoms. The third-order valence-electron chi connectivity index (χ3n) is 2.82. The zero-order valence-electron chi connectivity index (χ0n) is 13.6. The molecule has 1 aromatic carbocycles. The average molecular weight is 431 g/mol. The Hall–Kier alpha value is -1.01. The van der Waals surface area contributed by atoms with Gasteiger partial charge in [-0.05, 0) is 25.8 Å². The monoisotopic (exact) mass is 429 g/mol. The summed E-state index contributed by atoms with van der Waals surface area (Å²) in [6.07, 6.45) is 2.53. The Morgan fingerprint density at radius 2 is 1.84 bits per heavy atom. The Morgan fingerprint density at radius 1 is 1.16 bits per heavy atom. The van der Waals surface area contributed by atoms with E-state index in [9.17, 15) is 4.79 Å². The van der Waals surface area contributed by atoms with Crippen molar-refractivity contribution in [2.45, 2.75) is 19.8 Å².